The normalized spacial score (nSPS) is 17.1. The smallest absolute Gasteiger partial charge is 0.308 e. The number of benzene rings is 1. The second-order valence-corrected chi connectivity index (χ2v) is 6.17. The Bertz CT molecular complexity index is 450. The predicted octanol–water partition coefficient (Wildman–Crippen LogP) is 4.07. The summed E-state index contributed by atoms with van der Waals surface area (Å²) < 4.78 is 5.10. The third-order valence-electron chi connectivity index (χ3n) is 3.43. The van der Waals surface area contributed by atoms with Gasteiger partial charge in [-0.25, -0.2) is 0 Å². The number of thioether (sulfide) groups is 1. The van der Waals surface area contributed by atoms with Gasteiger partial charge in [0.05, 0.1) is 24.1 Å². The van der Waals surface area contributed by atoms with Crippen LogP contribution in [0.4, 0.5) is 5.69 Å². The molecule has 20 heavy (non-hydrogen) atoms. The van der Waals surface area contributed by atoms with E-state index in [0.29, 0.717) is 13.0 Å². The minimum Gasteiger partial charge on any atom is -0.466 e. The molecule has 0 spiro atoms. The van der Waals surface area contributed by atoms with Crippen molar-refractivity contribution in [2.45, 2.75) is 49.8 Å². The standard InChI is InChI=1S/C16H23NO2S/c1-3-5-8-11-17-13-9-6-7-10-14(13)20-15(17)12-16(18)19-4-2/h6-7,9-10,15H,3-5,8,11-12H2,1-2H3. The van der Waals surface area contributed by atoms with Gasteiger partial charge in [-0.1, -0.05) is 43.7 Å². The van der Waals surface area contributed by atoms with Gasteiger partial charge < -0.3 is 9.64 Å². The number of carbonyl (C=O) groups excluding carboxylic acids is 1. The van der Waals surface area contributed by atoms with Crippen molar-refractivity contribution < 1.29 is 9.53 Å². The van der Waals surface area contributed by atoms with Crippen molar-refractivity contribution in [1.82, 2.24) is 0 Å². The number of para-hydroxylation sites is 1. The van der Waals surface area contributed by atoms with Crippen LogP contribution in [0.15, 0.2) is 29.2 Å². The lowest BCUT2D eigenvalue weighted by Gasteiger charge is -2.26. The van der Waals surface area contributed by atoms with Crippen LogP contribution in [0.2, 0.25) is 0 Å². The van der Waals surface area contributed by atoms with E-state index >= 15 is 0 Å². The predicted molar refractivity (Wildman–Crippen MR) is 84.2 cm³/mol. The molecule has 1 unspecified atom stereocenters. The molecule has 3 nitrogen and oxygen atoms in total. The molecule has 4 heteroatoms. The molecule has 0 aliphatic carbocycles. The molecule has 1 aromatic carbocycles. The molecule has 1 atom stereocenters. The number of anilines is 1. The van der Waals surface area contributed by atoms with Crippen molar-refractivity contribution in [2.24, 2.45) is 0 Å². The molecule has 0 bridgehead atoms. The Kier molecular flexibility index (Phi) is 5.77. The first-order valence-corrected chi connectivity index (χ1v) is 8.32. The molecule has 1 aliphatic heterocycles. The topological polar surface area (TPSA) is 29.5 Å². The molecule has 0 radical (unpaired) electrons. The van der Waals surface area contributed by atoms with Gasteiger partial charge in [0.2, 0.25) is 0 Å². The lowest BCUT2D eigenvalue weighted by molar-refractivity contribution is -0.143. The van der Waals surface area contributed by atoms with Gasteiger partial charge in [0.25, 0.3) is 0 Å². The van der Waals surface area contributed by atoms with Gasteiger partial charge in [-0.2, -0.15) is 0 Å². The summed E-state index contributed by atoms with van der Waals surface area (Å²) in [4.78, 5) is 15.4. The number of carbonyl (C=O) groups is 1. The van der Waals surface area contributed by atoms with Crippen molar-refractivity contribution in [3.05, 3.63) is 24.3 Å². The molecule has 0 saturated heterocycles. The van der Waals surface area contributed by atoms with Crippen LogP contribution < -0.4 is 4.90 Å². The van der Waals surface area contributed by atoms with Crippen LogP contribution in [0.1, 0.15) is 39.5 Å². The number of unbranched alkanes of at least 4 members (excludes halogenated alkanes) is 2. The lowest BCUT2D eigenvalue weighted by atomic mass is 10.2. The zero-order chi connectivity index (χ0) is 14.4. The zero-order valence-corrected chi connectivity index (χ0v) is 13.1. The summed E-state index contributed by atoms with van der Waals surface area (Å²) in [7, 11) is 0. The summed E-state index contributed by atoms with van der Waals surface area (Å²) >= 11 is 1.78. The number of hydrogen-bond acceptors (Lipinski definition) is 4. The van der Waals surface area contributed by atoms with E-state index in [1.54, 1.807) is 11.8 Å². The largest absolute Gasteiger partial charge is 0.466 e. The molecule has 0 aromatic heterocycles. The third kappa shape index (κ3) is 3.69. The summed E-state index contributed by atoms with van der Waals surface area (Å²) in [6.07, 6.45) is 4.07. The van der Waals surface area contributed by atoms with E-state index in [1.807, 2.05) is 6.92 Å². The first-order valence-electron chi connectivity index (χ1n) is 7.44. The quantitative estimate of drug-likeness (QED) is 0.560. The Labute approximate surface area is 125 Å². The highest BCUT2D eigenvalue weighted by atomic mass is 32.2. The molecule has 0 fully saturated rings. The Morgan fingerprint density at radius 2 is 2.10 bits per heavy atom. The molecule has 0 amide bonds. The van der Waals surface area contributed by atoms with Crippen molar-refractivity contribution in [3.63, 3.8) is 0 Å². The summed E-state index contributed by atoms with van der Waals surface area (Å²) in [6, 6.07) is 8.42. The van der Waals surface area contributed by atoms with Crippen LogP contribution in [0.25, 0.3) is 0 Å². The molecule has 0 N–H and O–H groups in total. The molecular weight excluding hydrogens is 270 g/mol. The van der Waals surface area contributed by atoms with E-state index in [-0.39, 0.29) is 11.3 Å². The summed E-state index contributed by atoms with van der Waals surface area (Å²) in [5.74, 6) is -0.0988. The zero-order valence-electron chi connectivity index (χ0n) is 12.3. The van der Waals surface area contributed by atoms with E-state index in [4.69, 9.17) is 4.74 Å². The maximum atomic E-state index is 11.8. The average Bonchev–Trinajstić information content (AvgIpc) is 2.77. The number of ether oxygens (including phenoxy) is 1. The maximum absolute atomic E-state index is 11.8. The van der Waals surface area contributed by atoms with Gasteiger partial charge in [0.1, 0.15) is 0 Å². The van der Waals surface area contributed by atoms with Crippen LogP contribution in [0.5, 0.6) is 0 Å². The van der Waals surface area contributed by atoms with Gasteiger partial charge in [-0.3, -0.25) is 4.79 Å². The highest BCUT2D eigenvalue weighted by Gasteiger charge is 2.31. The average molecular weight is 293 g/mol. The minimum atomic E-state index is -0.0988. The number of hydrogen-bond donors (Lipinski definition) is 0. The second-order valence-electron chi connectivity index (χ2n) is 4.95. The van der Waals surface area contributed by atoms with E-state index in [0.717, 1.165) is 6.54 Å². The number of fused-ring (bicyclic) bond motifs is 1. The fourth-order valence-corrected chi connectivity index (χ4v) is 3.79. The minimum absolute atomic E-state index is 0.0988. The fraction of sp³-hybridized carbons (Fsp3) is 0.562. The Hall–Kier alpha value is -1.16. The monoisotopic (exact) mass is 293 g/mol. The van der Waals surface area contributed by atoms with Gasteiger partial charge in [0.15, 0.2) is 0 Å². The Balaban J connectivity index is 2.05. The number of rotatable bonds is 7. The van der Waals surface area contributed by atoms with Crippen LogP contribution in [0, 0.1) is 0 Å². The van der Waals surface area contributed by atoms with Crippen LogP contribution in [0.3, 0.4) is 0 Å². The molecular formula is C16H23NO2S. The Morgan fingerprint density at radius 3 is 2.85 bits per heavy atom. The van der Waals surface area contributed by atoms with E-state index in [1.165, 1.54) is 29.8 Å². The van der Waals surface area contributed by atoms with Gasteiger partial charge in [-0.15, -0.1) is 0 Å². The van der Waals surface area contributed by atoms with Crippen molar-refractivity contribution in [1.29, 1.82) is 0 Å². The second kappa shape index (κ2) is 7.58. The van der Waals surface area contributed by atoms with Gasteiger partial charge in [-0.05, 0) is 25.5 Å². The fourth-order valence-electron chi connectivity index (χ4n) is 2.47. The van der Waals surface area contributed by atoms with Crippen LogP contribution in [-0.2, 0) is 9.53 Å². The molecule has 0 saturated carbocycles. The summed E-state index contributed by atoms with van der Waals surface area (Å²) in [5.41, 5.74) is 1.27. The summed E-state index contributed by atoms with van der Waals surface area (Å²) in [6.45, 7) is 5.54. The molecule has 1 aromatic rings. The highest BCUT2D eigenvalue weighted by Crippen LogP contribution is 2.44. The first-order chi connectivity index (χ1) is 9.76. The van der Waals surface area contributed by atoms with Crippen molar-refractivity contribution in [2.75, 3.05) is 18.1 Å². The number of esters is 1. The van der Waals surface area contributed by atoms with E-state index in [2.05, 4.69) is 36.1 Å². The van der Waals surface area contributed by atoms with Gasteiger partial charge >= 0.3 is 5.97 Å². The molecule has 110 valence electrons. The number of nitrogens with zero attached hydrogens (tertiary/aromatic N) is 1. The van der Waals surface area contributed by atoms with E-state index in [9.17, 15) is 4.79 Å². The SMILES string of the molecule is CCCCCN1c2ccccc2SC1CC(=O)OCC. The molecule has 2 rings (SSSR count). The van der Waals surface area contributed by atoms with E-state index < -0.39 is 0 Å². The van der Waals surface area contributed by atoms with Crippen LogP contribution >= 0.6 is 11.8 Å². The lowest BCUT2D eigenvalue weighted by Crippen LogP contribution is -2.32. The maximum Gasteiger partial charge on any atom is 0.308 e. The molecule has 1 aliphatic rings. The third-order valence-corrected chi connectivity index (χ3v) is 4.73. The molecule has 1 heterocycles. The Morgan fingerprint density at radius 1 is 1.30 bits per heavy atom. The first kappa shape index (κ1) is 15.2. The van der Waals surface area contributed by atoms with Crippen molar-refractivity contribution >= 4 is 23.4 Å². The van der Waals surface area contributed by atoms with Crippen molar-refractivity contribution in [3.8, 4) is 0 Å². The van der Waals surface area contributed by atoms with Gasteiger partial charge in [0, 0.05) is 11.4 Å². The highest BCUT2D eigenvalue weighted by molar-refractivity contribution is 8.00. The van der Waals surface area contributed by atoms with Crippen LogP contribution in [-0.4, -0.2) is 24.5 Å². The summed E-state index contributed by atoms with van der Waals surface area (Å²) in [5, 5.41) is 0.184.